The van der Waals surface area contributed by atoms with E-state index in [0.29, 0.717) is 18.5 Å². The van der Waals surface area contributed by atoms with Crippen molar-refractivity contribution in [2.75, 3.05) is 44.9 Å². The van der Waals surface area contributed by atoms with E-state index in [1.165, 1.54) is 7.11 Å². The number of carbonyl (C=O) groups is 2. The number of carbonyl (C=O) groups excluding carboxylic acids is 2. The van der Waals surface area contributed by atoms with Crippen LogP contribution in [0.3, 0.4) is 0 Å². The first-order valence-corrected chi connectivity index (χ1v) is 13.0. The number of likely N-dealkylation sites (tertiary alicyclic amines) is 1. The first-order valence-electron chi connectivity index (χ1n) is 13.0. The first kappa shape index (κ1) is 25.0. The van der Waals surface area contributed by atoms with Gasteiger partial charge in [0, 0.05) is 31.9 Å². The number of nitrogens with one attached hydrogen (secondary N) is 1. The largest absolute Gasteiger partial charge is 0.469 e. The predicted molar refractivity (Wildman–Crippen MR) is 132 cm³/mol. The maximum Gasteiger partial charge on any atom is 0.308 e. The van der Waals surface area contributed by atoms with Crippen molar-refractivity contribution < 1.29 is 19.4 Å². The summed E-state index contributed by atoms with van der Waals surface area (Å²) < 4.78 is 4.99. The van der Waals surface area contributed by atoms with Crippen LogP contribution in [0.25, 0.3) is 0 Å². The Bertz CT molecular complexity index is 824. The SMILES string of the molecule is CCC1CC(C(=O)OC)CCC1CC(CO)CN1CCC2(CC1)C(=O)NCN2c1ccccc1. The average Bonchev–Trinajstić information content (AvgIpc) is 3.20. The van der Waals surface area contributed by atoms with Crippen LogP contribution < -0.4 is 10.2 Å². The minimum Gasteiger partial charge on any atom is -0.469 e. The molecule has 34 heavy (non-hydrogen) atoms. The Kier molecular flexibility index (Phi) is 8.14. The number of benzene rings is 1. The van der Waals surface area contributed by atoms with E-state index in [4.69, 9.17) is 4.74 Å². The summed E-state index contributed by atoms with van der Waals surface area (Å²) >= 11 is 0. The third-order valence-electron chi connectivity index (χ3n) is 8.70. The van der Waals surface area contributed by atoms with Crippen LogP contribution in [0, 0.1) is 23.7 Å². The average molecular weight is 472 g/mol. The topological polar surface area (TPSA) is 82.1 Å². The van der Waals surface area contributed by atoms with Crippen molar-refractivity contribution in [2.24, 2.45) is 23.7 Å². The van der Waals surface area contributed by atoms with Crippen molar-refractivity contribution in [1.29, 1.82) is 0 Å². The van der Waals surface area contributed by atoms with Gasteiger partial charge in [-0.2, -0.15) is 0 Å². The number of para-hydroxylation sites is 1. The van der Waals surface area contributed by atoms with Gasteiger partial charge in [0.1, 0.15) is 5.54 Å². The predicted octanol–water partition coefficient (Wildman–Crippen LogP) is 3.03. The van der Waals surface area contributed by atoms with E-state index in [2.05, 4.69) is 34.2 Å². The van der Waals surface area contributed by atoms with E-state index < -0.39 is 5.54 Å². The third kappa shape index (κ3) is 5.10. The minimum absolute atomic E-state index is 0.0298. The van der Waals surface area contributed by atoms with Gasteiger partial charge in [0.15, 0.2) is 0 Å². The fourth-order valence-corrected chi connectivity index (χ4v) is 6.66. The number of methoxy groups -OCH3 is 1. The molecule has 1 aliphatic carbocycles. The number of aliphatic hydroxyl groups is 1. The Morgan fingerprint density at radius 2 is 1.94 bits per heavy atom. The summed E-state index contributed by atoms with van der Waals surface area (Å²) in [5.74, 6) is 1.39. The lowest BCUT2D eigenvalue weighted by atomic mass is 9.70. The van der Waals surface area contributed by atoms with Gasteiger partial charge in [-0.3, -0.25) is 9.59 Å². The number of anilines is 1. The van der Waals surface area contributed by atoms with Gasteiger partial charge in [0.05, 0.1) is 19.7 Å². The molecule has 7 heteroatoms. The van der Waals surface area contributed by atoms with E-state index >= 15 is 0 Å². The molecule has 1 aromatic carbocycles. The smallest absolute Gasteiger partial charge is 0.308 e. The molecule has 2 heterocycles. The van der Waals surface area contributed by atoms with Crippen molar-refractivity contribution in [3.63, 3.8) is 0 Å². The van der Waals surface area contributed by atoms with Crippen molar-refractivity contribution in [3.05, 3.63) is 30.3 Å². The minimum atomic E-state index is -0.466. The van der Waals surface area contributed by atoms with Crippen molar-refractivity contribution in [2.45, 2.75) is 57.4 Å². The molecule has 2 N–H and O–H groups in total. The van der Waals surface area contributed by atoms with Gasteiger partial charge in [0.2, 0.25) is 5.91 Å². The molecule has 1 saturated carbocycles. The van der Waals surface area contributed by atoms with Crippen LogP contribution in [0.2, 0.25) is 0 Å². The highest BCUT2D eigenvalue weighted by Crippen LogP contribution is 2.40. The number of amides is 1. The summed E-state index contributed by atoms with van der Waals surface area (Å²) in [5, 5.41) is 13.3. The van der Waals surface area contributed by atoms with Gasteiger partial charge in [-0.05, 0) is 68.4 Å². The lowest BCUT2D eigenvalue weighted by molar-refractivity contribution is -0.147. The van der Waals surface area contributed by atoms with Gasteiger partial charge >= 0.3 is 5.97 Å². The summed E-state index contributed by atoms with van der Waals surface area (Å²) in [6.07, 6.45) is 6.49. The number of nitrogens with zero attached hydrogens (tertiary/aromatic N) is 2. The van der Waals surface area contributed by atoms with Crippen LogP contribution in [0.15, 0.2) is 30.3 Å². The summed E-state index contributed by atoms with van der Waals surface area (Å²) in [6, 6.07) is 10.2. The Balaban J connectivity index is 1.33. The van der Waals surface area contributed by atoms with Gasteiger partial charge in [0.25, 0.3) is 0 Å². The lowest BCUT2D eigenvalue weighted by Gasteiger charge is -2.44. The molecular weight excluding hydrogens is 430 g/mol. The zero-order valence-electron chi connectivity index (χ0n) is 20.7. The maximum atomic E-state index is 12.9. The van der Waals surface area contributed by atoms with Gasteiger partial charge in [-0.15, -0.1) is 0 Å². The second kappa shape index (κ2) is 11.1. The molecule has 0 radical (unpaired) electrons. The Labute approximate surface area is 203 Å². The Morgan fingerprint density at radius 1 is 1.21 bits per heavy atom. The first-order chi connectivity index (χ1) is 16.5. The molecule has 1 aromatic rings. The van der Waals surface area contributed by atoms with Crippen molar-refractivity contribution in [3.8, 4) is 0 Å². The fraction of sp³-hybridized carbons (Fsp3) is 0.704. The molecule has 4 atom stereocenters. The van der Waals surface area contributed by atoms with E-state index in [-0.39, 0.29) is 30.3 Å². The Morgan fingerprint density at radius 3 is 2.59 bits per heavy atom. The van der Waals surface area contributed by atoms with Crippen LogP contribution in [-0.4, -0.2) is 67.4 Å². The standard InChI is InChI=1S/C27H41N3O4/c1-3-21-16-23(25(32)34-2)10-9-22(21)15-20(18-31)17-29-13-11-27(12-14-29)26(33)28-19-30(27)24-7-5-4-6-8-24/h4-8,20-23,31H,3,9-19H2,1-2H3,(H,28,33). The highest BCUT2D eigenvalue weighted by molar-refractivity contribution is 5.93. The number of esters is 1. The van der Waals surface area contributed by atoms with Gasteiger partial charge in [-0.1, -0.05) is 31.5 Å². The van der Waals surface area contributed by atoms with Crippen molar-refractivity contribution in [1.82, 2.24) is 10.2 Å². The van der Waals surface area contributed by atoms with E-state index in [9.17, 15) is 14.7 Å². The van der Waals surface area contributed by atoms with Crippen LogP contribution in [0.5, 0.6) is 0 Å². The molecule has 4 unspecified atom stereocenters. The third-order valence-corrected chi connectivity index (χ3v) is 8.70. The molecule has 1 amide bonds. The number of hydrogen-bond donors (Lipinski definition) is 2. The maximum absolute atomic E-state index is 12.9. The highest BCUT2D eigenvalue weighted by atomic mass is 16.5. The molecule has 2 saturated heterocycles. The van der Waals surface area contributed by atoms with E-state index in [0.717, 1.165) is 70.3 Å². The molecule has 0 aromatic heterocycles. The monoisotopic (exact) mass is 471 g/mol. The van der Waals surface area contributed by atoms with Crippen LogP contribution >= 0.6 is 0 Å². The molecular formula is C27H41N3O4. The molecule has 0 bridgehead atoms. The second-order valence-electron chi connectivity index (χ2n) is 10.5. The number of ether oxygens (including phenoxy) is 1. The second-order valence-corrected chi connectivity index (χ2v) is 10.5. The number of rotatable bonds is 8. The normalized spacial score (nSPS) is 28.0. The molecule has 3 fully saturated rings. The van der Waals surface area contributed by atoms with E-state index in [1.807, 2.05) is 18.2 Å². The summed E-state index contributed by atoms with van der Waals surface area (Å²) in [7, 11) is 1.48. The number of piperidine rings is 1. The van der Waals surface area contributed by atoms with Crippen LogP contribution in [0.4, 0.5) is 5.69 Å². The lowest BCUT2D eigenvalue weighted by Crippen LogP contribution is -2.57. The molecule has 7 nitrogen and oxygen atoms in total. The quantitative estimate of drug-likeness (QED) is 0.567. The summed E-state index contributed by atoms with van der Waals surface area (Å²) in [5.41, 5.74) is 0.627. The fourth-order valence-electron chi connectivity index (χ4n) is 6.66. The highest BCUT2D eigenvalue weighted by Gasteiger charge is 2.50. The number of hydrogen-bond acceptors (Lipinski definition) is 6. The molecule has 2 aliphatic heterocycles. The molecule has 188 valence electrons. The molecule has 3 aliphatic rings. The zero-order chi connectivity index (χ0) is 24.1. The van der Waals surface area contributed by atoms with E-state index in [1.54, 1.807) is 0 Å². The van der Waals surface area contributed by atoms with Crippen molar-refractivity contribution >= 4 is 17.6 Å². The molecule has 4 rings (SSSR count). The molecule has 1 spiro atoms. The summed E-state index contributed by atoms with van der Waals surface area (Å²) in [6.45, 7) is 5.55. The zero-order valence-corrected chi connectivity index (χ0v) is 20.7. The summed E-state index contributed by atoms with van der Waals surface area (Å²) in [4.78, 5) is 29.6. The van der Waals surface area contributed by atoms with Crippen LogP contribution in [0.1, 0.15) is 51.9 Å². The number of aliphatic hydroxyl groups excluding tert-OH is 1. The van der Waals surface area contributed by atoms with Gasteiger partial charge in [-0.25, -0.2) is 0 Å². The Hall–Kier alpha value is -2.12. The van der Waals surface area contributed by atoms with Crippen LogP contribution in [-0.2, 0) is 14.3 Å². The van der Waals surface area contributed by atoms with Gasteiger partial charge < -0.3 is 25.0 Å².